The van der Waals surface area contributed by atoms with Crippen molar-refractivity contribution in [3.05, 3.63) is 125 Å². The van der Waals surface area contributed by atoms with Crippen molar-refractivity contribution < 1.29 is 24.8 Å². The second-order valence-corrected chi connectivity index (χ2v) is 11.2. The van der Waals surface area contributed by atoms with Crippen molar-refractivity contribution in [1.29, 1.82) is 0 Å². The van der Waals surface area contributed by atoms with Crippen molar-refractivity contribution in [2.75, 3.05) is 20.1 Å². The van der Waals surface area contributed by atoms with Gasteiger partial charge in [0.15, 0.2) is 6.29 Å². The van der Waals surface area contributed by atoms with Gasteiger partial charge < -0.3 is 35.4 Å². The van der Waals surface area contributed by atoms with E-state index in [9.17, 15) is 15.3 Å². The van der Waals surface area contributed by atoms with E-state index in [1.54, 1.807) is 18.2 Å². The molecular formula is C35H40N2O5. The number of nitrogens with zero attached hydrogens (tertiary/aromatic N) is 1. The summed E-state index contributed by atoms with van der Waals surface area (Å²) < 4.78 is 13.2. The molecule has 7 heteroatoms. The molecule has 7 nitrogen and oxygen atoms in total. The third kappa shape index (κ3) is 7.07. The summed E-state index contributed by atoms with van der Waals surface area (Å²) in [6.45, 7) is 3.57. The van der Waals surface area contributed by atoms with Gasteiger partial charge in [0.05, 0.1) is 24.9 Å². The molecule has 5 N–H and O–H groups in total. The zero-order valence-corrected chi connectivity index (χ0v) is 24.1. The number of aromatic hydroxyl groups is 1. The highest BCUT2D eigenvalue weighted by Gasteiger charge is 2.39. The van der Waals surface area contributed by atoms with Gasteiger partial charge in [-0.05, 0) is 58.6 Å². The van der Waals surface area contributed by atoms with Crippen molar-refractivity contribution in [3.63, 3.8) is 0 Å². The number of likely N-dealkylation sites (N-methyl/N-ethyl adjacent to an activating group) is 1. The van der Waals surface area contributed by atoms with Crippen LogP contribution in [0.1, 0.15) is 53.2 Å². The highest BCUT2D eigenvalue weighted by atomic mass is 16.7. The molecule has 5 atom stereocenters. The monoisotopic (exact) mass is 568 g/mol. The molecule has 0 unspecified atom stereocenters. The van der Waals surface area contributed by atoms with Crippen LogP contribution in [0.3, 0.4) is 0 Å². The predicted molar refractivity (Wildman–Crippen MR) is 163 cm³/mol. The number of benzene rings is 4. The van der Waals surface area contributed by atoms with Crippen LogP contribution in [0.25, 0.3) is 11.1 Å². The summed E-state index contributed by atoms with van der Waals surface area (Å²) in [7, 11) is 1.96. The molecule has 1 fully saturated rings. The van der Waals surface area contributed by atoms with E-state index in [0.29, 0.717) is 25.2 Å². The Morgan fingerprint density at radius 1 is 0.833 bits per heavy atom. The van der Waals surface area contributed by atoms with Gasteiger partial charge in [-0.25, -0.2) is 0 Å². The number of nitrogens with two attached hydrogens (primary N) is 1. The molecule has 5 rings (SSSR count). The molecule has 0 amide bonds. The molecule has 220 valence electrons. The normalized spacial score (nSPS) is 21.4. The quantitative estimate of drug-likeness (QED) is 0.201. The molecule has 0 aliphatic carbocycles. The zero-order valence-electron chi connectivity index (χ0n) is 24.1. The molecule has 4 aromatic carbocycles. The number of rotatable bonds is 10. The van der Waals surface area contributed by atoms with Crippen LogP contribution in [0.2, 0.25) is 0 Å². The molecule has 1 aliphatic heterocycles. The number of aliphatic hydroxyl groups excluding tert-OH is 2. The average molecular weight is 569 g/mol. The standard InChI is InChI=1S/C35H40N2O5/c1-23-33(21-37(2)20-32(40)30-7-4-8-31(39)18-30)41-35(42-34(23)27-11-9-24(22-38)10-12-27)28-15-13-26(14-16-28)29-6-3-5-25(17-29)19-36/h3-18,23,32-35,38-40H,19-22,36H2,1-2H3/t23-,32+,33+,34+,35+/m0/s1. The fourth-order valence-electron chi connectivity index (χ4n) is 5.55. The van der Waals surface area contributed by atoms with Crippen molar-refractivity contribution >= 4 is 0 Å². The first-order valence-electron chi connectivity index (χ1n) is 14.4. The van der Waals surface area contributed by atoms with Crippen LogP contribution in [0.15, 0.2) is 97.1 Å². The smallest absolute Gasteiger partial charge is 0.184 e. The first-order valence-corrected chi connectivity index (χ1v) is 14.4. The molecule has 1 aliphatic rings. The Balaban J connectivity index is 1.36. The van der Waals surface area contributed by atoms with Crippen LogP contribution in [0, 0.1) is 5.92 Å². The second-order valence-electron chi connectivity index (χ2n) is 11.2. The third-order valence-corrected chi connectivity index (χ3v) is 8.03. The molecule has 0 saturated carbocycles. The van der Waals surface area contributed by atoms with Gasteiger partial charge in [-0.15, -0.1) is 0 Å². The molecule has 4 aromatic rings. The van der Waals surface area contributed by atoms with Crippen molar-refractivity contribution in [1.82, 2.24) is 4.90 Å². The average Bonchev–Trinajstić information content (AvgIpc) is 3.02. The highest BCUT2D eigenvalue weighted by Crippen LogP contribution is 2.42. The Hall–Kier alpha value is -3.56. The largest absolute Gasteiger partial charge is 0.508 e. The van der Waals surface area contributed by atoms with Gasteiger partial charge in [-0.2, -0.15) is 0 Å². The summed E-state index contributed by atoms with van der Waals surface area (Å²) in [5, 5.41) is 30.2. The lowest BCUT2D eigenvalue weighted by Crippen LogP contribution is -2.44. The maximum absolute atomic E-state index is 10.8. The van der Waals surface area contributed by atoms with E-state index in [1.807, 2.05) is 61.6 Å². The van der Waals surface area contributed by atoms with Gasteiger partial charge >= 0.3 is 0 Å². The molecule has 0 aromatic heterocycles. The minimum absolute atomic E-state index is 0.0113. The predicted octanol–water partition coefficient (Wildman–Crippen LogP) is 5.47. The Kier molecular flexibility index (Phi) is 9.69. The number of phenols is 1. The topological polar surface area (TPSA) is 108 Å². The van der Waals surface area contributed by atoms with Crippen LogP contribution in [-0.4, -0.2) is 46.5 Å². The Morgan fingerprint density at radius 2 is 1.55 bits per heavy atom. The third-order valence-electron chi connectivity index (χ3n) is 8.03. The number of hydrogen-bond donors (Lipinski definition) is 4. The van der Waals surface area contributed by atoms with E-state index >= 15 is 0 Å². The molecule has 1 heterocycles. The van der Waals surface area contributed by atoms with Crippen molar-refractivity contribution in [2.24, 2.45) is 11.7 Å². The molecular weight excluding hydrogens is 528 g/mol. The van der Waals surface area contributed by atoms with Crippen LogP contribution >= 0.6 is 0 Å². The van der Waals surface area contributed by atoms with E-state index in [-0.39, 0.29) is 30.5 Å². The first-order chi connectivity index (χ1) is 20.3. The lowest BCUT2D eigenvalue weighted by atomic mass is 9.90. The van der Waals surface area contributed by atoms with Gasteiger partial charge in [0, 0.05) is 31.1 Å². The van der Waals surface area contributed by atoms with Crippen molar-refractivity contribution in [3.8, 4) is 16.9 Å². The summed E-state index contributed by atoms with van der Waals surface area (Å²) in [4.78, 5) is 2.05. The molecule has 1 saturated heterocycles. The van der Waals surface area contributed by atoms with Crippen LogP contribution < -0.4 is 5.73 Å². The fraction of sp³-hybridized carbons (Fsp3) is 0.314. The lowest BCUT2D eigenvalue weighted by molar-refractivity contribution is -0.276. The fourth-order valence-corrected chi connectivity index (χ4v) is 5.55. The van der Waals surface area contributed by atoms with Crippen LogP contribution in [-0.2, 0) is 22.6 Å². The van der Waals surface area contributed by atoms with Gasteiger partial charge in [-0.1, -0.05) is 85.8 Å². The summed E-state index contributed by atoms with van der Waals surface area (Å²) in [5.74, 6) is 0.145. The number of aliphatic hydroxyl groups is 2. The Bertz CT molecular complexity index is 1440. The summed E-state index contributed by atoms with van der Waals surface area (Å²) in [5.41, 5.74) is 12.6. The number of phenolic OH excluding ortho intramolecular Hbond substituents is 1. The van der Waals surface area contributed by atoms with Gasteiger partial charge in [0.25, 0.3) is 0 Å². The van der Waals surface area contributed by atoms with Crippen LogP contribution in [0.5, 0.6) is 5.75 Å². The minimum Gasteiger partial charge on any atom is -0.508 e. The highest BCUT2D eigenvalue weighted by molar-refractivity contribution is 5.64. The molecule has 0 bridgehead atoms. The van der Waals surface area contributed by atoms with Gasteiger partial charge in [0.2, 0.25) is 0 Å². The van der Waals surface area contributed by atoms with Gasteiger partial charge in [-0.3, -0.25) is 0 Å². The number of hydrogen-bond acceptors (Lipinski definition) is 7. The molecule has 0 radical (unpaired) electrons. The van der Waals surface area contributed by atoms with E-state index < -0.39 is 12.4 Å². The molecule has 42 heavy (non-hydrogen) atoms. The Labute approximate surface area is 247 Å². The van der Waals surface area contributed by atoms with E-state index in [0.717, 1.165) is 33.4 Å². The summed E-state index contributed by atoms with van der Waals surface area (Å²) in [6, 6.07) is 31.1. The maximum Gasteiger partial charge on any atom is 0.184 e. The lowest BCUT2D eigenvalue weighted by Gasteiger charge is -2.42. The summed E-state index contributed by atoms with van der Waals surface area (Å²) in [6.07, 6.45) is -1.75. The SMILES string of the molecule is C[C@H]1[C@@H](CN(C)C[C@@H](O)c2cccc(O)c2)O[C@@H](c2ccc(-c3cccc(CN)c3)cc2)O[C@H]1c1ccc(CO)cc1. The second kappa shape index (κ2) is 13.6. The van der Waals surface area contributed by atoms with E-state index in [2.05, 4.69) is 36.1 Å². The van der Waals surface area contributed by atoms with Crippen molar-refractivity contribution in [2.45, 2.75) is 44.7 Å². The van der Waals surface area contributed by atoms with Gasteiger partial charge in [0.1, 0.15) is 5.75 Å². The zero-order chi connectivity index (χ0) is 29.6. The first kappa shape index (κ1) is 29.9. The molecule has 0 spiro atoms. The minimum atomic E-state index is -0.750. The van der Waals surface area contributed by atoms with E-state index in [4.69, 9.17) is 15.2 Å². The summed E-state index contributed by atoms with van der Waals surface area (Å²) >= 11 is 0. The maximum atomic E-state index is 10.8. The Morgan fingerprint density at radius 3 is 2.24 bits per heavy atom. The van der Waals surface area contributed by atoms with Crippen LogP contribution in [0.4, 0.5) is 0 Å². The number of ether oxygens (including phenoxy) is 2. The van der Waals surface area contributed by atoms with E-state index in [1.165, 1.54) is 0 Å².